The summed E-state index contributed by atoms with van der Waals surface area (Å²) in [4.78, 5) is 12.1. The van der Waals surface area contributed by atoms with Crippen molar-refractivity contribution >= 4 is 5.78 Å². The molecule has 0 spiro atoms. The summed E-state index contributed by atoms with van der Waals surface area (Å²) in [5, 5.41) is 7.36. The van der Waals surface area contributed by atoms with Gasteiger partial charge < -0.3 is 5.32 Å². The summed E-state index contributed by atoms with van der Waals surface area (Å²) in [5.41, 5.74) is 0.729. The van der Waals surface area contributed by atoms with Crippen LogP contribution in [0.4, 0.5) is 0 Å². The predicted octanol–water partition coefficient (Wildman–Crippen LogP) is 1.72. The molecule has 1 unspecified atom stereocenters. The van der Waals surface area contributed by atoms with Crippen LogP contribution in [0.5, 0.6) is 0 Å². The van der Waals surface area contributed by atoms with E-state index in [1.54, 1.807) is 16.9 Å². The highest BCUT2D eigenvalue weighted by molar-refractivity contribution is 5.96. The summed E-state index contributed by atoms with van der Waals surface area (Å²) < 4.78 is 1.80. The van der Waals surface area contributed by atoms with Gasteiger partial charge in [0.2, 0.25) is 0 Å². The normalized spacial score (nSPS) is 12.7. The second-order valence-electron chi connectivity index (χ2n) is 4.01. The van der Waals surface area contributed by atoms with Gasteiger partial charge >= 0.3 is 0 Å². The summed E-state index contributed by atoms with van der Waals surface area (Å²) in [6.45, 7) is 8.51. The van der Waals surface area contributed by atoms with Gasteiger partial charge in [-0.2, -0.15) is 5.10 Å². The van der Waals surface area contributed by atoms with Gasteiger partial charge in [0, 0.05) is 25.2 Å². The van der Waals surface area contributed by atoms with Crippen molar-refractivity contribution in [1.82, 2.24) is 15.1 Å². The van der Waals surface area contributed by atoms with Gasteiger partial charge in [0.1, 0.15) is 5.69 Å². The minimum Gasteiger partial charge on any atom is -0.316 e. The molecule has 0 bridgehead atoms. The van der Waals surface area contributed by atoms with Gasteiger partial charge in [-0.1, -0.05) is 20.8 Å². The van der Waals surface area contributed by atoms with Crippen LogP contribution in [-0.4, -0.2) is 28.7 Å². The van der Waals surface area contributed by atoms with Crippen LogP contribution in [0.15, 0.2) is 12.3 Å². The van der Waals surface area contributed by atoms with E-state index in [2.05, 4.69) is 17.3 Å². The number of rotatable bonds is 7. The quantitative estimate of drug-likeness (QED) is 0.716. The van der Waals surface area contributed by atoms with Gasteiger partial charge in [-0.05, 0) is 19.0 Å². The van der Waals surface area contributed by atoms with Crippen LogP contribution >= 0.6 is 0 Å². The zero-order chi connectivity index (χ0) is 12.0. The van der Waals surface area contributed by atoms with E-state index in [1.165, 1.54) is 0 Å². The van der Waals surface area contributed by atoms with Crippen LogP contribution in [0, 0.1) is 5.92 Å². The highest BCUT2D eigenvalue weighted by atomic mass is 16.1. The second-order valence-corrected chi connectivity index (χ2v) is 4.01. The van der Waals surface area contributed by atoms with Crippen LogP contribution in [0.3, 0.4) is 0 Å². The Morgan fingerprint density at radius 3 is 2.94 bits per heavy atom. The number of nitrogens with zero attached hydrogens (tertiary/aromatic N) is 2. The third-order valence-corrected chi connectivity index (χ3v) is 2.55. The van der Waals surface area contributed by atoms with E-state index >= 15 is 0 Å². The molecular formula is C12H21N3O. The van der Waals surface area contributed by atoms with E-state index in [1.807, 2.05) is 13.8 Å². The van der Waals surface area contributed by atoms with Gasteiger partial charge in [-0.25, -0.2) is 0 Å². The molecular weight excluding hydrogens is 202 g/mol. The minimum absolute atomic E-state index is 0.00672. The Hall–Kier alpha value is -1.16. The Morgan fingerprint density at radius 1 is 1.56 bits per heavy atom. The van der Waals surface area contributed by atoms with E-state index < -0.39 is 0 Å². The lowest BCUT2D eigenvalue weighted by Gasteiger charge is -2.11. The molecule has 0 aliphatic heterocycles. The maximum absolute atomic E-state index is 12.1. The maximum atomic E-state index is 12.1. The van der Waals surface area contributed by atoms with Crippen LogP contribution in [-0.2, 0) is 6.54 Å². The van der Waals surface area contributed by atoms with E-state index in [4.69, 9.17) is 0 Å². The molecule has 1 atom stereocenters. The Kier molecular flexibility index (Phi) is 5.19. The lowest BCUT2D eigenvalue weighted by molar-refractivity contribution is 0.0918. The van der Waals surface area contributed by atoms with Crippen molar-refractivity contribution in [2.45, 2.75) is 33.7 Å². The SMILES string of the molecule is CCCn1nccc1C(=O)C(C)CNCC. The molecule has 0 aromatic carbocycles. The van der Waals surface area contributed by atoms with Crippen LogP contribution in [0.2, 0.25) is 0 Å². The first-order valence-corrected chi connectivity index (χ1v) is 5.97. The number of carbonyl (C=O) groups is 1. The fourth-order valence-electron chi connectivity index (χ4n) is 1.64. The monoisotopic (exact) mass is 223 g/mol. The fraction of sp³-hybridized carbons (Fsp3) is 0.667. The molecule has 1 aromatic rings. The molecule has 0 saturated heterocycles. The van der Waals surface area contributed by atoms with Gasteiger partial charge in [0.15, 0.2) is 5.78 Å². The number of hydrogen-bond donors (Lipinski definition) is 1. The smallest absolute Gasteiger partial charge is 0.184 e. The summed E-state index contributed by atoms with van der Waals surface area (Å²) in [6, 6.07) is 1.81. The molecule has 90 valence electrons. The van der Waals surface area contributed by atoms with Crippen LogP contribution in [0.25, 0.3) is 0 Å². The number of hydrogen-bond acceptors (Lipinski definition) is 3. The highest BCUT2D eigenvalue weighted by Gasteiger charge is 2.18. The van der Waals surface area contributed by atoms with Gasteiger partial charge in [0.25, 0.3) is 0 Å². The first kappa shape index (κ1) is 12.9. The molecule has 1 N–H and O–H groups in total. The average molecular weight is 223 g/mol. The number of aryl methyl sites for hydroxylation is 1. The van der Waals surface area contributed by atoms with Gasteiger partial charge in [-0.3, -0.25) is 9.48 Å². The molecule has 1 aromatic heterocycles. The Morgan fingerprint density at radius 2 is 2.31 bits per heavy atom. The molecule has 4 heteroatoms. The number of Topliss-reactive ketones (excluding diaryl/α,β-unsaturated/α-hetero) is 1. The Balaban J connectivity index is 2.67. The lowest BCUT2D eigenvalue weighted by atomic mass is 10.0. The molecule has 0 amide bonds. The van der Waals surface area contributed by atoms with Crippen molar-refractivity contribution in [2.75, 3.05) is 13.1 Å². The number of aromatic nitrogens is 2. The Bertz CT molecular complexity index is 333. The molecule has 0 aliphatic rings. The third-order valence-electron chi connectivity index (χ3n) is 2.55. The van der Waals surface area contributed by atoms with Crippen LogP contribution < -0.4 is 5.32 Å². The largest absolute Gasteiger partial charge is 0.316 e. The summed E-state index contributed by atoms with van der Waals surface area (Å²) in [6.07, 6.45) is 2.69. The zero-order valence-electron chi connectivity index (χ0n) is 10.4. The standard InChI is InChI=1S/C12H21N3O/c1-4-8-15-11(6-7-14-15)12(16)10(3)9-13-5-2/h6-7,10,13H,4-5,8-9H2,1-3H3. The molecule has 0 radical (unpaired) electrons. The van der Waals surface area contributed by atoms with Crippen molar-refractivity contribution in [2.24, 2.45) is 5.92 Å². The lowest BCUT2D eigenvalue weighted by Crippen LogP contribution is -2.27. The van der Waals surface area contributed by atoms with Crippen molar-refractivity contribution < 1.29 is 4.79 Å². The van der Waals surface area contributed by atoms with Crippen molar-refractivity contribution in [3.05, 3.63) is 18.0 Å². The van der Waals surface area contributed by atoms with Gasteiger partial charge in [-0.15, -0.1) is 0 Å². The first-order valence-electron chi connectivity index (χ1n) is 5.97. The molecule has 4 nitrogen and oxygen atoms in total. The summed E-state index contributed by atoms with van der Waals surface area (Å²) >= 11 is 0. The van der Waals surface area contributed by atoms with Crippen molar-refractivity contribution in [3.8, 4) is 0 Å². The summed E-state index contributed by atoms with van der Waals surface area (Å²) in [7, 11) is 0. The molecule has 0 saturated carbocycles. The Labute approximate surface area is 97.0 Å². The number of ketones is 1. The predicted molar refractivity (Wildman–Crippen MR) is 64.6 cm³/mol. The fourth-order valence-corrected chi connectivity index (χ4v) is 1.64. The minimum atomic E-state index is 0.00672. The van der Waals surface area contributed by atoms with Gasteiger partial charge in [0.05, 0.1) is 0 Å². The van der Waals surface area contributed by atoms with Crippen LogP contribution in [0.1, 0.15) is 37.7 Å². The van der Waals surface area contributed by atoms with Crippen molar-refractivity contribution in [3.63, 3.8) is 0 Å². The van der Waals surface area contributed by atoms with E-state index in [0.717, 1.165) is 31.7 Å². The topological polar surface area (TPSA) is 46.9 Å². The molecule has 0 fully saturated rings. The van der Waals surface area contributed by atoms with Crippen molar-refractivity contribution in [1.29, 1.82) is 0 Å². The summed E-state index contributed by atoms with van der Waals surface area (Å²) in [5.74, 6) is 0.180. The molecule has 1 heterocycles. The van der Waals surface area contributed by atoms with E-state index in [0.29, 0.717) is 0 Å². The molecule has 1 rings (SSSR count). The molecule has 0 aliphatic carbocycles. The maximum Gasteiger partial charge on any atom is 0.184 e. The first-order chi connectivity index (χ1) is 7.70. The number of nitrogens with one attached hydrogen (secondary N) is 1. The third kappa shape index (κ3) is 3.17. The van der Waals surface area contributed by atoms with E-state index in [-0.39, 0.29) is 11.7 Å². The number of carbonyl (C=O) groups excluding carboxylic acids is 1. The zero-order valence-corrected chi connectivity index (χ0v) is 10.4. The average Bonchev–Trinajstić information content (AvgIpc) is 2.73. The van der Waals surface area contributed by atoms with E-state index in [9.17, 15) is 4.79 Å². The second kappa shape index (κ2) is 6.43. The molecule has 16 heavy (non-hydrogen) atoms. The highest BCUT2D eigenvalue weighted by Crippen LogP contribution is 2.08.